The monoisotopic (exact) mass is 348 g/mol. The largest absolute Gasteiger partial charge is 0.383 e. The molecule has 0 aliphatic heterocycles. The molecule has 0 aromatic carbocycles. The number of rotatable bonds is 9. The number of nitrogens with one attached hydrogen (secondary N) is 2. The van der Waals surface area contributed by atoms with Crippen molar-refractivity contribution in [3.63, 3.8) is 0 Å². The minimum absolute atomic E-state index is 0.437. The van der Waals surface area contributed by atoms with Crippen molar-refractivity contribution >= 4 is 18.2 Å². The molecule has 128 valence electrons. The molecule has 4 aliphatic rings. The fourth-order valence-corrected chi connectivity index (χ4v) is 6.86. The van der Waals surface area contributed by atoms with Crippen molar-refractivity contribution in [1.29, 1.82) is 0 Å². The summed E-state index contributed by atoms with van der Waals surface area (Å²) in [4.78, 5) is 17.5. The van der Waals surface area contributed by atoms with Gasteiger partial charge in [-0.2, -0.15) is 0 Å². The Bertz CT molecular complexity index is 394. The third-order valence-electron chi connectivity index (χ3n) is 5.60. The quantitative estimate of drug-likeness (QED) is 0.378. The highest BCUT2D eigenvalue weighted by Gasteiger charge is 2.50. The Kier molecular flexibility index (Phi) is 5.58. The summed E-state index contributed by atoms with van der Waals surface area (Å²) in [5.74, 6) is 3.46. The standard InChI is InChI=1S/C15H29N2O3PS/c18-21(19,20)22-5-1-2-16-3-4-17-15-9-12-6-13(10-15)8-14(7-12)11-15/h12-14,16-17H,1-11H2,(H2,18,19,20). The fourth-order valence-electron chi connectivity index (χ4n) is 5.25. The molecule has 4 aliphatic carbocycles. The van der Waals surface area contributed by atoms with Crippen LogP contribution < -0.4 is 10.6 Å². The summed E-state index contributed by atoms with van der Waals surface area (Å²) in [6.07, 6.45) is 9.41. The number of hydrogen-bond acceptors (Lipinski definition) is 4. The Morgan fingerprint density at radius 2 is 1.59 bits per heavy atom. The van der Waals surface area contributed by atoms with E-state index < -0.39 is 6.80 Å². The fraction of sp³-hybridized carbons (Fsp3) is 1.00. The van der Waals surface area contributed by atoms with Crippen molar-refractivity contribution in [1.82, 2.24) is 10.6 Å². The molecule has 0 heterocycles. The smallest absolute Gasteiger partial charge is 0.317 e. The van der Waals surface area contributed by atoms with E-state index in [2.05, 4.69) is 10.6 Å². The first-order valence-electron chi connectivity index (χ1n) is 8.60. The zero-order chi connectivity index (χ0) is 15.6. The van der Waals surface area contributed by atoms with E-state index in [0.717, 1.165) is 55.2 Å². The molecule has 0 spiro atoms. The van der Waals surface area contributed by atoms with E-state index in [1.54, 1.807) is 0 Å². The first-order chi connectivity index (χ1) is 10.4. The normalized spacial score (nSPS) is 36.9. The SMILES string of the molecule is O=P(O)(O)SCCCNCCNC12CC3CC(CC(C3)C1)C2. The van der Waals surface area contributed by atoms with Crippen LogP contribution in [0, 0.1) is 17.8 Å². The topological polar surface area (TPSA) is 81.6 Å². The summed E-state index contributed by atoms with van der Waals surface area (Å²) < 4.78 is 10.7. The first-order valence-corrected chi connectivity index (χ1v) is 11.8. The van der Waals surface area contributed by atoms with Crippen LogP contribution >= 0.6 is 18.2 Å². The van der Waals surface area contributed by atoms with E-state index in [1.165, 1.54) is 38.5 Å². The molecule has 22 heavy (non-hydrogen) atoms. The van der Waals surface area contributed by atoms with Gasteiger partial charge in [0.25, 0.3) is 0 Å². The van der Waals surface area contributed by atoms with E-state index in [9.17, 15) is 4.57 Å². The van der Waals surface area contributed by atoms with E-state index in [1.807, 2.05) is 0 Å². The average Bonchev–Trinajstić information content (AvgIpc) is 2.39. The molecule has 0 radical (unpaired) electrons. The highest BCUT2D eigenvalue weighted by Crippen LogP contribution is 2.55. The second-order valence-corrected chi connectivity index (χ2v) is 11.4. The molecule has 4 fully saturated rings. The summed E-state index contributed by atoms with van der Waals surface area (Å²) in [6.45, 7) is -1.10. The van der Waals surface area contributed by atoms with E-state index >= 15 is 0 Å². The molecule has 7 heteroatoms. The van der Waals surface area contributed by atoms with Crippen LogP contribution in [0.15, 0.2) is 0 Å². The summed E-state index contributed by atoms with van der Waals surface area (Å²) in [5, 5.41) is 7.23. The Morgan fingerprint density at radius 1 is 1.00 bits per heavy atom. The zero-order valence-electron chi connectivity index (χ0n) is 13.2. The average molecular weight is 348 g/mol. The summed E-state index contributed by atoms with van der Waals surface area (Å²) in [6, 6.07) is 0. The van der Waals surface area contributed by atoms with Crippen LogP contribution in [0.5, 0.6) is 0 Å². The van der Waals surface area contributed by atoms with Gasteiger partial charge < -0.3 is 20.4 Å². The highest BCUT2D eigenvalue weighted by molar-refractivity contribution is 8.54. The molecule has 0 atom stereocenters. The van der Waals surface area contributed by atoms with Crippen molar-refractivity contribution in [3.8, 4) is 0 Å². The maximum Gasteiger partial charge on any atom is 0.383 e. The predicted octanol–water partition coefficient (Wildman–Crippen LogP) is 2.35. The molecule has 0 unspecified atom stereocenters. The lowest BCUT2D eigenvalue weighted by atomic mass is 9.53. The number of hydrogen-bond donors (Lipinski definition) is 4. The second-order valence-electron chi connectivity index (χ2n) is 7.55. The van der Waals surface area contributed by atoms with Crippen molar-refractivity contribution < 1.29 is 14.4 Å². The van der Waals surface area contributed by atoms with Gasteiger partial charge in [0, 0.05) is 24.4 Å². The molecule has 4 bridgehead atoms. The van der Waals surface area contributed by atoms with Crippen molar-refractivity contribution in [2.75, 3.05) is 25.4 Å². The maximum absolute atomic E-state index is 10.7. The summed E-state index contributed by atoms with van der Waals surface area (Å²) >= 11 is 0.747. The lowest BCUT2D eigenvalue weighted by Crippen LogP contribution is -2.59. The molecule has 4 N–H and O–H groups in total. The van der Waals surface area contributed by atoms with Crippen LogP contribution in [-0.4, -0.2) is 40.7 Å². The van der Waals surface area contributed by atoms with Crippen molar-refractivity contribution in [2.24, 2.45) is 17.8 Å². The Balaban J connectivity index is 1.27. The van der Waals surface area contributed by atoms with Crippen LogP contribution in [0.3, 0.4) is 0 Å². The van der Waals surface area contributed by atoms with Gasteiger partial charge in [-0.05, 0) is 80.6 Å². The van der Waals surface area contributed by atoms with Gasteiger partial charge in [-0.25, -0.2) is 4.57 Å². The van der Waals surface area contributed by atoms with Gasteiger partial charge in [0.2, 0.25) is 0 Å². The first kappa shape index (κ1) is 17.2. The Hall–Kier alpha value is 0.420. The van der Waals surface area contributed by atoms with Gasteiger partial charge in [-0.3, -0.25) is 0 Å². The lowest BCUT2D eigenvalue weighted by Gasteiger charge is -2.57. The molecule has 0 amide bonds. The van der Waals surface area contributed by atoms with Gasteiger partial charge in [-0.1, -0.05) is 0 Å². The van der Waals surface area contributed by atoms with E-state index in [0.29, 0.717) is 11.3 Å². The third kappa shape index (κ3) is 4.71. The highest BCUT2D eigenvalue weighted by atomic mass is 32.7. The molecule has 0 saturated heterocycles. The van der Waals surface area contributed by atoms with Crippen molar-refractivity contribution in [2.45, 2.75) is 50.5 Å². The Labute approximate surface area is 137 Å². The molecule has 0 aromatic heterocycles. The van der Waals surface area contributed by atoms with Gasteiger partial charge in [0.15, 0.2) is 0 Å². The molecular weight excluding hydrogens is 319 g/mol. The van der Waals surface area contributed by atoms with Crippen LogP contribution in [0.25, 0.3) is 0 Å². The third-order valence-corrected chi connectivity index (χ3v) is 7.96. The summed E-state index contributed by atoms with van der Waals surface area (Å²) in [7, 11) is 0. The van der Waals surface area contributed by atoms with Gasteiger partial charge in [0.1, 0.15) is 0 Å². The zero-order valence-corrected chi connectivity index (χ0v) is 14.9. The van der Waals surface area contributed by atoms with Crippen LogP contribution in [-0.2, 0) is 4.57 Å². The maximum atomic E-state index is 10.7. The van der Waals surface area contributed by atoms with Crippen LogP contribution in [0.2, 0.25) is 0 Å². The molecule has 4 saturated carbocycles. The van der Waals surface area contributed by atoms with Crippen LogP contribution in [0.1, 0.15) is 44.9 Å². The minimum Gasteiger partial charge on any atom is -0.317 e. The molecule has 4 rings (SSSR count). The predicted molar refractivity (Wildman–Crippen MR) is 90.9 cm³/mol. The molecular formula is C15H29N2O3PS. The lowest BCUT2D eigenvalue weighted by molar-refractivity contribution is -0.0192. The molecule has 5 nitrogen and oxygen atoms in total. The van der Waals surface area contributed by atoms with E-state index in [4.69, 9.17) is 9.79 Å². The second kappa shape index (κ2) is 7.12. The summed E-state index contributed by atoms with van der Waals surface area (Å²) in [5.41, 5.74) is 0.437. The minimum atomic E-state index is -3.88. The van der Waals surface area contributed by atoms with Crippen molar-refractivity contribution in [3.05, 3.63) is 0 Å². The van der Waals surface area contributed by atoms with Gasteiger partial charge >= 0.3 is 6.80 Å². The van der Waals surface area contributed by atoms with Crippen LogP contribution in [0.4, 0.5) is 0 Å². The molecule has 0 aromatic rings. The van der Waals surface area contributed by atoms with Gasteiger partial charge in [0.05, 0.1) is 0 Å². The van der Waals surface area contributed by atoms with E-state index in [-0.39, 0.29) is 0 Å². The van der Waals surface area contributed by atoms with Gasteiger partial charge in [-0.15, -0.1) is 0 Å². The Morgan fingerprint density at radius 3 is 2.14 bits per heavy atom.